The Balaban J connectivity index is 1.20. The number of carbonyl (C=O) groups is 2. The van der Waals surface area contributed by atoms with Crippen LogP contribution in [-0.2, 0) is 16.0 Å². The summed E-state index contributed by atoms with van der Waals surface area (Å²) in [5.74, 6) is 1.08. The number of benzene rings is 1. The molecule has 152 valence electrons. The first kappa shape index (κ1) is 19.4. The van der Waals surface area contributed by atoms with E-state index in [0.717, 1.165) is 57.3 Å². The fourth-order valence-corrected chi connectivity index (χ4v) is 5.19. The van der Waals surface area contributed by atoms with E-state index in [4.69, 9.17) is 0 Å². The van der Waals surface area contributed by atoms with Crippen LogP contribution >= 0.6 is 0 Å². The van der Waals surface area contributed by atoms with Gasteiger partial charge in [0, 0.05) is 43.9 Å². The van der Waals surface area contributed by atoms with Crippen LogP contribution in [0.5, 0.6) is 0 Å². The van der Waals surface area contributed by atoms with Gasteiger partial charge < -0.3 is 9.80 Å². The predicted octanol–water partition coefficient (Wildman–Crippen LogP) is 3.79. The van der Waals surface area contributed by atoms with E-state index in [9.17, 15) is 14.0 Å². The van der Waals surface area contributed by atoms with Crippen molar-refractivity contribution in [3.8, 4) is 0 Å². The van der Waals surface area contributed by atoms with Crippen LogP contribution in [0.1, 0.15) is 56.9 Å². The molecule has 2 heterocycles. The molecule has 5 heteroatoms. The summed E-state index contributed by atoms with van der Waals surface area (Å²) in [7, 11) is 0. The van der Waals surface area contributed by atoms with E-state index in [1.165, 1.54) is 31.4 Å². The van der Waals surface area contributed by atoms with Crippen LogP contribution < -0.4 is 0 Å². The van der Waals surface area contributed by atoms with Gasteiger partial charge in [-0.05, 0) is 49.8 Å². The van der Waals surface area contributed by atoms with Gasteiger partial charge in [0.05, 0.1) is 0 Å². The number of rotatable bonds is 5. The van der Waals surface area contributed by atoms with Crippen molar-refractivity contribution in [1.29, 1.82) is 0 Å². The Hall–Kier alpha value is -1.91. The van der Waals surface area contributed by atoms with Gasteiger partial charge in [0.25, 0.3) is 0 Å². The summed E-state index contributed by atoms with van der Waals surface area (Å²) < 4.78 is 13.0. The molecule has 2 saturated heterocycles. The topological polar surface area (TPSA) is 40.6 Å². The van der Waals surface area contributed by atoms with Crippen LogP contribution in [0.2, 0.25) is 0 Å². The Morgan fingerprint density at radius 2 is 1.75 bits per heavy atom. The third-order valence-electron chi connectivity index (χ3n) is 6.88. The highest BCUT2D eigenvalue weighted by molar-refractivity contribution is 5.80. The number of likely N-dealkylation sites (tertiary alicyclic amines) is 2. The molecule has 4 rings (SSSR count). The molecule has 28 heavy (non-hydrogen) atoms. The molecule has 0 spiro atoms. The molecular formula is C23H31FN2O2. The van der Waals surface area contributed by atoms with Gasteiger partial charge >= 0.3 is 0 Å². The number of hydrogen-bond donors (Lipinski definition) is 0. The number of carbonyl (C=O) groups excluding carboxylic acids is 2. The minimum absolute atomic E-state index is 0.222. The number of amides is 2. The fourth-order valence-electron chi connectivity index (χ4n) is 5.19. The summed E-state index contributed by atoms with van der Waals surface area (Å²) in [6, 6.07) is 6.85. The summed E-state index contributed by atoms with van der Waals surface area (Å²) >= 11 is 0. The van der Waals surface area contributed by atoms with E-state index in [2.05, 4.69) is 4.90 Å². The zero-order valence-electron chi connectivity index (χ0n) is 16.6. The lowest BCUT2D eigenvalue weighted by atomic mass is 9.81. The molecule has 1 aliphatic carbocycles. The van der Waals surface area contributed by atoms with Gasteiger partial charge in [-0.2, -0.15) is 0 Å². The number of piperidine rings is 1. The van der Waals surface area contributed by atoms with E-state index in [0.29, 0.717) is 24.3 Å². The largest absolute Gasteiger partial charge is 0.342 e. The smallest absolute Gasteiger partial charge is 0.225 e. The van der Waals surface area contributed by atoms with Crippen LogP contribution in [0, 0.1) is 17.7 Å². The van der Waals surface area contributed by atoms with Gasteiger partial charge in [0.1, 0.15) is 5.82 Å². The van der Waals surface area contributed by atoms with Crippen LogP contribution in [0.4, 0.5) is 4.39 Å². The quantitative estimate of drug-likeness (QED) is 0.773. The molecule has 0 bridgehead atoms. The fraction of sp³-hybridized carbons (Fsp3) is 0.652. The Bertz CT molecular complexity index is 699. The molecule has 2 amide bonds. The second-order valence-corrected chi connectivity index (χ2v) is 8.76. The van der Waals surface area contributed by atoms with Crippen molar-refractivity contribution in [2.75, 3.05) is 19.6 Å². The molecule has 0 unspecified atom stereocenters. The summed E-state index contributed by atoms with van der Waals surface area (Å²) in [5, 5.41) is 0. The van der Waals surface area contributed by atoms with Gasteiger partial charge in [-0.15, -0.1) is 0 Å². The minimum atomic E-state index is -0.222. The maximum Gasteiger partial charge on any atom is 0.225 e. The molecule has 3 aliphatic rings. The van der Waals surface area contributed by atoms with E-state index in [1.807, 2.05) is 4.90 Å². The van der Waals surface area contributed by atoms with Crippen molar-refractivity contribution in [2.45, 2.75) is 63.8 Å². The van der Waals surface area contributed by atoms with E-state index in [1.54, 1.807) is 12.1 Å². The third-order valence-corrected chi connectivity index (χ3v) is 6.88. The molecule has 1 aromatic carbocycles. The van der Waals surface area contributed by atoms with Crippen LogP contribution in [0.3, 0.4) is 0 Å². The van der Waals surface area contributed by atoms with E-state index < -0.39 is 0 Å². The van der Waals surface area contributed by atoms with Crippen LogP contribution in [0.15, 0.2) is 24.3 Å². The number of fused-ring (bicyclic) bond motifs is 1. The van der Waals surface area contributed by atoms with Gasteiger partial charge in [0.15, 0.2) is 0 Å². The first-order valence-electron chi connectivity index (χ1n) is 10.9. The normalized spacial score (nSPS) is 25.2. The second kappa shape index (κ2) is 8.62. The van der Waals surface area contributed by atoms with Gasteiger partial charge in [-0.25, -0.2) is 4.39 Å². The lowest BCUT2D eigenvalue weighted by Crippen LogP contribution is -2.65. The molecule has 3 fully saturated rings. The Kier molecular flexibility index (Phi) is 5.98. The zero-order chi connectivity index (χ0) is 19.5. The molecule has 4 nitrogen and oxygen atoms in total. The van der Waals surface area contributed by atoms with Crippen molar-refractivity contribution >= 4 is 11.8 Å². The number of hydrogen-bond acceptors (Lipinski definition) is 2. The maximum absolute atomic E-state index is 13.0. The molecule has 2 atom stereocenters. The van der Waals surface area contributed by atoms with Crippen molar-refractivity contribution in [3.05, 3.63) is 35.6 Å². The van der Waals surface area contributed by atoms with Gasteiger partial charge in [-0.1, -0.05) is 31.4 Å². The van der Waals surface area contributed by atoms with Crippen molar-refractivity contribution in [3.63, 3.8) is 0 Å². The standard InChI is InChI=1S/C23H31FN2O2/c24-20-11-9-17(10-12-20)5-4-8-22(27)26-16-19-15-25(14-13-21(19)26)23(28)18-6-2-1-3-7-18/h9-12,18-19,21H,1-8,13-16H2/t19-,21-/m0/s1. The maximum atomic E-state index is 13.0. The van der Waals surface area contributed by atoms with E-state index in [-0.39, 0.29) is 17.6 Å². The Labute approximate surface area is 167 Å². The summed E-state index contributed by atoms with van der Waals surface area (Å²) in [6.07, 6.45) is 8.84. The van der Waals surface area contributed by atoms with Gasteiger partial charge in [-0.3, -0.25) is 9.59 Å². The first-order valence-corrected chi connectivity index (χ1v) is 10.9. The highest BCUT2D eigenvalue weighted by Gasteiger charge is 2.45. The summed E-state index contributed by atoms with van der Waals surface area (Å²) in [4.78, 5) is 29.4. The third kappa shape index (κ3) is 4.23. The lowest BCUT2D eigenvalue weighted by Gasteiger charge is -2.53. The monoisotopic (exact) mass is 386 g/mol. The highest BCUT2D eigenvalue weighted by atomic mass is 19.1. The molecule has 0 aromatic heterocycles. The van der Waals surface area contributed by atoms with Gasteiger partial charge in [0.2, 0.25) is 11.8 Å². The minimum Gasteiger partial charge on any atom is -0.342 e. The van der Waals surface area contributed by atoms with Crippen molar-refractivity contribution in [2.24, 2.45) is 11.8 Å². The molecule has 1 aromatic rings. The number of halogens is 1. The van der Waals surface area contributed by atoms with Crippen LogP contribution in [0.25, 0.3) is 0 Å². The van der Waals surface area contributed by atoms with E-state index >= 15 is 0 Å². The Morgan fingerprint density at radius 3 is 2.46 bits per heavy atom. The molecule has 2 aliphatic heterocycles. The first-order chi connectivity index (χ1) is 13.6. The summed E-state index contributed by atoms with van der Waals surface area (Å²) in [6.45, 7) is 2.43. The summed E-state index contributed by atoms with van der Waals surface area (Å²) in [5.41, 5.74) is 1.07. The highest BCUT2D eigenvalue weighted by Crippen LogP contribution is 2.35. The average molecular weight is 387 g/mol. The van der Waals surface area contributed by atoms with Crippen LogP contribution in [-0.4, -0.2) is 47.3 Å². The average Bonchev–Trinajstić information content (AvgIpc) is 2.70. The number of nitrogens with zero attached hydrogens (tertiary/aromatic N) is 2. The Morgan fingerprint density at radius 1 is 1.00 bits per heavy atom. The predicted molar refractivity (Wildman–Crippen MR) is 106 cm³/mol. The van der Waals surface area contributed by atoms with Crippen molar-refractivity contribution in [1.82, 2.24) is 9.80 Å². The SMILES string of the molecule is O=C(C1CCCCC1)N1CC[C@H]2[C@@H](C1)CN2C(=O)CCCc1ccc(F)cc1. The molecular weight excluding hydrogens is 355 g/mol. The molecule has 1 saturated carbocycles. The molecule has 0 N–H and O–H groups in total. The lowest BCUT2D eigenvalue weighted by molar-refractivity contribution is -0.153. The molecule has 0 radical (unpaired) electrons. The number of aryl methyl sites for hydroxylation is 1. The zero-order valence-corrected chi connectivity index (χ0v) is 16.6. The van der Waals surface area contributed by atoms with Crippen molar-refractivity contribution < 1.29 is 14.0 Å². The second-order valence-electron chi connectivity index (χ2n) is 8.76.